The van der Waals surface area contributed by atoms with Crippen molar-refractivity contribution in [2.45, 2.75) is 63.5 Å². The van der Waals surface area contributed by atoms with Gasteiger partial charge in [-0.1, -0.05) is 12.8 Å². The first-order valence-corrected chi connectivity index (χ1v) is 7.40. The van der Waals surface area contributed by atoms with Crippen molar-refractivity contribution in [2.24, 2.45) is 0 Å². The summed E-state index contributed by atoms with van der Waals surface area (Å²) in [4.78, 5) is 25.3. The minimum atomic E-state index is -0.398. The van der Waals surface area contributed by atoms with Crippen molar-refractivity contribution in [1.82, 2.24) is 10.2 Å². The maximum absolute atomic E-state index is 11.9. The molecule has 1 aliphatic heterocycles. The Balaban J connectivity index is 1.66. The van der Waals surface area contributed by atoms with Crippen LogP contribution in [0.15, 0.2) is 0 Å². The lowest BCUT2D eigenvalue weighted by atomic mass is 10.1. The number of amides is 2. The molecule has 1 aliphatic carbocycles. The highest BCUT2D eigenvalue weighted by molar-refractivity contribution is 5.84. The number of nitrogens with zero attached hydrogens (tertiary/aromatic N) is 1. The predicted octanol–water partition coefficient (Wildman–Crippen LogP) is 0.809. The van der Waals surface area contributed by atoms with Gasteiger partial charge in [-0.25, -0.2) is 0 Å². The number of β-amino-alcohol motifs (C(OH)–C–C–N with tert-alkyl or cyclic N) is 1. The molecule has 5 nitrogen and oxygen atoms in total. The number of aliphatic hydroxyl groups is 1. The lowest BCUT2D eigenvalue weighted by molar-refractivity contribution is -0.136. The number of hydrogen-bond acceptors (Lipinski definition) is 3. The quantitative estimate of drug-likeness (QED) is 0.792. The van der Waals surface area contributed by atoms with E-state index >= 15 is 0 Å². The molecule has 1 unspecified atom stereocenters. The van der Waals surface area contributed by atoms with E-state index < -0.39 is 6.10 Å². The van der Waals surface area contributed by atoms with Crippen LogP contribution >= 0.6 is 0 Å². The highest BCUT2D eigenvalue weighted by Crippen LogP contribution is 2.18. The van der Waals surface area contributed by atoms with Crippen LogP contribution in [0.4, 0.5) is 0 Å². The third kappa shape index (κ3) is 4.49. The van der Waals surface area contributed by atoms with E-state index in [0.29, 0.717) is 19.1 Å². The molecule has 2 N–H and O–H groups in total. The van der Waals surface area contributed by atoms with Crippen LogP contribution in [0.3, 0.4) is 0 Å². The van der Waals surface area contributed by atoms with E-state index in [1.807, 2.05) is 0 Å². The van der Waals surface area contributed by atoms with Gasteiger partial charge in [-0.2, -0.15) is 0 Å². The summed E-state index contributed by atoms with van der Waals surface area (Å²) >= 11 is 0. The fourth-order valence-corrected chi connectivity index (χ4v) is 2.93. The fourth-order valence-electron chi connectivity index (χ4n) is 2.93. The summed E-state index contributed by atoms with van der Waals surface area (Å²) in [7, 11) is 0. The molecule has 5 heteroatoms. The number of rotatable bonds is 4. The van der Waals surface area contributed by atoms with Gasteiger partial charge < -0.3 is 15.3 Å². The van der Waals surface area contributed by atoms with Crippen LogP contribution in [0.5, 0.6) is 0 Å². The molecule has 1 saturated heterocycles. The molecule has 108 valence electrons. The molecule has 2 fully saturated rings. The smallest absolute Gasteiger partial charge is 0.223 e. The van der Waals surface area contributed by atoms with Gasteiger partial charge in [0, 0.05) is 32.0 Å². The minimum Gasteiger partial charge on any atom is -0.391 e. The van der Waals surface area contributed by atoms with Crippen molar-refractivity contribution >= 4 is 11.8 Å². The molecule has 1 atom stereocenters. The van der Waals surface area contributed by atoms with Crippen LogP contribution in [-0.2, 0) is 9.59 Å². The lowest BCUT2D eigenvalue weighted by Crippen LogP contribution is -2.42. The normalized spacial score (nSPS) is 24.5. The fraction of sp³-hybridized carbons (Fsp3) is 0.857. The van der Waals surface area contributed by atoms with Crippen molar-refractivity contribution in [2.75, 3.05) is 13.1 Å². The van der Waals surface area contributed by atoms with E-state index in [4.69, 9.17) is 0 Å². The van der Waals surface area contributed by atoms with Gasteiger partial charge >= 0.3 is 0 Å². The standard InChI is InChI=1S/C14H24N2O3/c17-12-6-3-9-16(10-12)14(19)8-7-13(18)15-11-4-1-2-5-11/h11-12,17H,1-10H2,(H,15,18). The Labute approximate surface area is 114 Å². The van der Waals surface area contributed by atoms with E-state index in [1.54, 1.807) is 4.90 Å². The summed E-state index contributed by atoms with van der Waals surface area (Å²) in [6.45, 7) is 1.13. The monoisotopic (exact) mass is 268 g/mol. The largest absolute Gasteiger partial charge is 0.391 e. The Morgan fingerprint density at radius 1 is 1.11 bits per heavy atom. The van der Waals surface area contributed by atoms with Gasteiger partial charge in [0.05, 0.1) is 6.10 Å². The highest BCUT2D eigenvalue weighted by Gasteiger charge is 2.23. The van der Waals surface area contributed by atoms with E-state index in [9.17, 15) is 14.7 Å². The zero-order chi connectivity index (χ0) is 13.7. The summed E-state index contributed by atoms with van der Waals surface area (Å²) in [5.74, 6) is -0.0295. The SMILES string of the molecule is O=C(CCC(=O)N1CCCC(O)C1)NC1CCCC1. The molecule has 0 aromatic carbocycles. The van der Waals surface area contributed by atoms with Gasteiger partial charge in [0.1, 0.15) is 0 Å². The third-order valence-corrected chi connectivity index (χ3v) is 4.04. The number of likely N-dealkylation sites (tertiary alicyclic amines) is 1. The van der Waals surface area contributed by atoms with Gasteiger partial charge in [0.25, 0.3) is 0 Å². The molecule has 19 heavy (non-hydrogen) atoms. The molecule has 0 aromatic heterocycles. The number of hydrogen-bond donors (Lipinski definition) is 2. The molecule has 1 heterocycles. The Bertz CT molecular complexity index is 327. The van der Waals surface area contributed by atoms with Crippen molar-refractivity contribution in [1.29, 1.82) is 0 Å². The second-order valence-electron chi connectivity index (χ2n) is 5.68. The molecule has 0 spiro atoms. The average Bonchev–Trinajstić information content (AvgIpc) is 2.88. The Kier molecular flexibility index (Phi) is 5.19. The summed E-state index contributed by atoms with van der Waals surface area (Å²) in [6, 6.07) is 0.319. The molecular weight excluding hydrogens is 244 g/mol. The first-order chi connectivity index (χ1) is 9.15. The molecule has 1 saturated carbocycles. The van der Waals surface area contributed by atoms with Gasteiger partial charge in [0.2, 0.25) is 11.8 Å². The molecule has 2 amide bonds. The van der Waals surface area contributed by atoms with Crippen LogP contribution in [-0.4, -0.2) is 47.1 Å². The second-order valence-corrected chi connectivity index (χ2v) is 5.68. The maximum Gasteiger partial charge on any atom is 0.223 e. The third-order valence-electron chi connectivity index (χ3n) is 4.04. The maximum atomic E-state index is 11.9. The van der Waals surface area contributed by atoms with Gasteiger partial charge in [-0.05, 0) is 25.7 Å². The van der Waals surface area contributed by atoms with Crippen molar-refractivity contribution in [3.63, 3.8) is 0 Å². The molecule has 0 radical (unpaired) electrons. The molecular formula is C14H24N2O3. The zero-order valence-corrected chi connectivity index (χ0v) is 11.4. The van der Waals surface area contributed by atoms with Crippen LogP contribution in [0, 0.1) is 0 Å². The van der Waals surface area contributed by atoms with Crippen molar-refractivity contribution in [3.05, 3.63) is 0 Å². The lowest BCUT2D eigenvalue weighted by Gasteiger charge is -2.30. The van der Waals surface area contributed by atoms with E-state index in [2.05, 4.69) is 5.32 Å². The van der Waals surface area contributed by atoms with Crippen molar-refractivity contribution in [3.8, 4) is 0 Å². The zero-order valence-electron chi connectivity index (χ0n) is 11.4. The van der Waals surface area contributed by atoms with Gasteiger partial charge in [0.15, 0.2) is 0 Å². The highest BCUT2D eigenvalue weighted by atomic mass is 16.3. The topological polar surface area (TPSA) is 69.6 Å². The molecule has 0 bridgehead atoms. The number of carbonyl (C=O) groups is 2. The average molecular weight is 268 g/mol. The Hall–Kier alpha value is -1.10. The van der Waals surface area contributed by atoms with Gasteiger partial charge in [-0.15, -0.1) is 0 Å². The van der Waals surface area contributed by atoms with Crippen molar-refractivity contribution < 1.29 is 14.7 Å². The van der Waals surface area contributed by atoms with Crippen LogP contribution in [0.1, 0.15) is 51.4 Å². The van der Waals surface area contributed by atoms with E-state index in [1.165, 1.54) is 12.8 Å². The van der Waals surface area contributed by atoms with Crippen LogP contribution in [0.2, 0.25) is 0 Å². The molecule has 0 aromatic rings. The number of piperidine rings is 1. The second kappa shape index (κ2) is 6.89. The van der Waals surface area contributed by atoms with Crippen LogP contribution in [0.25, 0.3) is 0 Å². The first-order valence-electron chi connectivity index (χ1n) is 7.40. The summed E-state index contributed by atoms with van der Waals surface area (Å²) in [5, 5.41) is 12.5. The van der Waals surface area contributed by atoms with E-state index in [0.717, 1.165) is 25.7 Å². The number of aliphatic hydroxyl groups excluding tert-OH is 1. The molecule has 2 aliphatic rings. The predicted molar refractivity (Wildman–Crippen MR) is 71.5 cm³/mol. The summed E-state index contributed by atoms with van der Waals surface area (Å²) in [5.41, 5.74) is 0. The number of carbonyl (C=O) groups excluding carboxylic acids is 2. The van der Waals surface area contributed by atoms with Crippen LogP contribution < -0.4 is 5.32 Å². The van der Waals surface area contributed by atoms with Gasteiger partial charge in [-0.3, -0.25) is 9.59 Å². The minimum absolute atomic E-state index is 0.0136. The summed E-state index contributed by atoms with van der Waals surface area (Å²) in [6.07, 6.45) is 6.26. The number of nitrogens with one attached hydrogen (secondary N) is 1. The van der Waals surface area contributed by atoms with E-state index in [-0.39, 0.29) is 24.7 Å². The molecule has 2 rings (SSSR count). The first kappa shape index (κ1) is 14.3. The Morgan fingerprint density at radius 3 is 2.53 bits per heavy atom. The summed E-state index contributed by atoms with van der Waals surface area (Å²) < 4.78 is 0. The Morgan fingerprint density at radius 2 is 1.84 bits per heavy atom.